The lowest BCUT2D eigenvalue weighted by atomic mass is 10.1. The van der Waals surface area contributed by atoms with E-state index < -0.39 is 29.7 Å². The first-order valence-corrected chi connectivity index (χ1v) is 3.91. The molecule has 0 bridgehead atoms. The maximum Gasteiger partial charge on any atom is 0.420 e. The predicted octanol–water partition coefficient (Wildman–Crippen LogP) is 2.70. The molecular formula is C8H5F6NO. The van der Waals surface area contributed by atoms with E-state index in [9.17, 15) is 26.3 Å². The van der Waals surface area contributed by atoms with Crippen molar-refractivity contribution in [3.63, 3.8) is 0 Å². The number of halogens is 6. The lowest BCUT2D eigenvalue weighted by Crippen LogP contribution is -2.24. The number of alkyl halides is 6. The molecule has 90 valence electrons. The molecule has 0 saturated carbocycles. The van der Waals surface area contributed by atoms with Crippen molar-refractivity contribution in [2.45, 2.75) is 18.5 Å². The Kier molecular flexibility index (Phi) is 3.13. The molecule has 2 nitrogen and oxygen atoms in total. The first-order valence-electron chi connectivity index (χ1n) is 3.91. The van der Waals surface area contributed by atoms with Gasteiger partial charge in [0.15, 0.2) is 6.10 Å². The Morgan fingerprint density at radius 3 is 2.12 bits per heavy atom. The highest BCUT2D eigenvalue weighted by Gasteiger charge is 2.45. The van der Waals surface area contributed by atoms with Gasteiger partial charge in [-0.2, -0.15) is 26.3 Å². The summed E-state index contributed by atoms with van der Waals surface area (Å²) in [6.45, 7) is 0. The Morgan fingerprint density at radius 1 is 1.12 bits per heavy atom. The number of hydrogen-bond donors (Lipinski definition) is 1. The molecule has 16 heavy (non-hydrogen) atoms. The fourth-order valence-corrected chi connectivity index (χ4v) is 1.03. The second-order valence-electron chi connectivity index (χ2n) is 2.88. The summed E-state index contributed by atoms with van der Waals surface area (Å²) in [5.41, 5.74) is -3.04. The number of hydrogen-bond acceptors (Lipinski definition) is 2. The number of aliphatic hydroxyl groups is 1. The van der Waals surface area contributed by atoms with E-state index in [4.69, 9.17) is 5.11 Å². The molecule has 0 unspecified atom stereocenters. The quantitative estimate of drug-likeness (QED) is 0.771. The number of aliphatic hydroxyl groups excluding tert-OH is 1. The van der Waals surface area contributed by atoms with Crippen molar-refractivity contribution in [1.82, 2.24) is 4.98 Å². The first-order chi connectivity index (χ1) is 7.14. The van der Waals surface area contributed by atoms with Crippen LogP contribution in [0.25, 0.3) is 0 Å². The molecule has 0 fully saturated rings. The fraction of sp³-hybridized carbons (Fsp3) is 0.375. The zero-order valence-electron chi connectivity index (χ0n) is 7.47. The Hall–Kier alpha value is -1.31. The largest absolute Gasteiger partial charge is 0.420 e. The highest BCUT2D eigenvalue weighted by Crippen LogP contribution is 2.38. The summed E-state index contributed by atoms with van der Waals surface area (Å²) < 4.78 is 73.0. The van der Waals surface area contributed by atoms with Crippen LogP contribution in [0.2, 0.25) is 0 Å². The minimum absolute atomic E-state index is 0.428. The average Bonchev–Trinajstić information content (AvgIpc) is 2.14. The van der Waals surface area contributed by atoms with Crippen molar-refractivity contribution in [3.8, 4) is 0 Å². The Labute approximate surface area is 85.5 Å². The van der Waals surface area contributed by atoms with Crippen molar-refractivity contribution >= 4 is 0 Å². The van der Waals surface area contributed by atoms with Crippen molar-refractivity contribution in [3.05, 3.63) is 29.6 Å². The van der Waals surface area contributed by atoms with Crippen LogP contribution in [-0.2, 0) is 6.18 Å². The van der Waals surface area contributed by atoms with Gasteiger partial charge in [0.05, 0.1) is 11.3 Å². The van der Waals surface area contributed by atoms with Crippen LogP contribution < -0.4 is 0 Å². The van der Waals surface area contributed by atoms with Gasteiger partial charge in [-0.15, -0.1) is 0 Å². The van der Waals surface area contributed by atoms with Crippen LogP contribution in [0.5, 0.6) is 0 Å². The third kappa shape index (κ3) is 2.63. The summed E-state index contributed by atoms with van der Waals surface area (Å²) >= 11 is 0. The molecule has 0 aliphatic carbocycles. The highest BCUT2D eigenvalue weighted by molar-refractivity contribution is 5.25. The molecule has 0 radical (unpaired) electrons. The van der Waals surface area contributed by atoms with Crippen molar-refractivity contribution < 1.29 is 31.4 Å². The van der Waals surface area contributed by atoms with Gasteiger partial charge in [0, 0.05) is 6.20 Å². The molecule has 0 saturated heterocycles. The molecule has 1 aromatic rings. The van der Waals surface area contributed by atoms with Gasteiger partial charge in [-0.3, -0.25) is 4.98 Å². The normalized spacial score (nSPS) is 14.9. The van der Waals surface area contributed by atoms with Crippen LogP contribution in [0.15, 0.2) is 18.3 Å². The van der Waals surface area contributed by atoms with E-state index >= 15 is 0 Å². The maximum atomic E-state index is 12.3. The van der Waals surface area contributed by atoms with Gasteiger partial charge in [-0.05, 0) is 12.1 Å². The summed E-state index contributed by atoms with van der Waals surface area (Å²) in [5.74, 6) is 0. The van der Waals surface area contributed by atoms with Gasteiger partial charge < -0.3 is 5.11 Å². The summed E-state index contributed by atoms with van der Waals surface area (Å²) in [4.78, 5) is 2.92. The zero-order valence-corrected chi connectivity index (χ0v) is 7.47. The molecule has 8 heteroatoms. The molecule has 0 aliphatic rings. The predicted molar refractivity (Wildman–Crippen MR) is 40.3 cm³/mol. The van der Waals surface area contributed by atoms with E-state index in [0.717, 1.165) is 12.3 Å². The molecule has 1 heterocycles. The SMILES string of the molecule is O[C@@H](c1ncccc1C(F)(F)F)C(F)(F)F. The third-order valence-corrected chi connectivity index (χ3v) is 1.71. The van der Waals surface area contributed by atoms with Gasteiger partial charge in [0.25, 0.3) is 0 Å². The number of pyridine rings is 1. The zero-order chi connectivity index (χ0) is 12.6. The molecule has 1 rings (SSSR count). The van der Waals surface area contributed by atoms with Crippen molar-refractivity contribution in [2.75, 3.05) is 0 Å². The van der Waals surface area contributed by atoms with Gasteiger partial charge in [-0.25, -0.2) is 0 Å². The van der Waals surface area contributed by atoms with Crippen molar-refractivity contribution in [2.24, 2.45) is 0 Å². The average molecular weight is 245 g/mol. The summed E-state index contributed by atoms with van der Waals surface area (Å²) in [5, 5.41) is 8.71. The van der Waals surface area contributed by atoms with Crippen LogP contribution in [0, 0.1) is 0 Å². The van der Waals surface area contributed by atoms with Crippen LogP contribution in [0.4, 0.5) is 26.3 Å². The van der Waals surface area contributed by atoms with E-state index in [1.165, 1.54) is 0 Å². The standard InChI is InChI=1S/C8H5F6NO/c9-7(10,11)4-2-1-3-15-5(4)6(16)8(12,13)14/h1-3,6,16H/t6-/m0/s1. The van der Waals surface area contributed by atoms with E-state index in [1.807, 2.05) is 0 Å². The van der Waals surface area contributed by atoms with E-state index in [2.05, 4.69) is 4.98 Å². The monoisotopic (exact) mass is 245 g/mol. The maximum absolute atomic E-state index is 12.3. The lowest BCUT2D eigenvalue weighted by Gasteiger charge is -2.18. The number of nitrogens with zero attached hydrogens (tertiary/aromatic N) is 1. The van der Waals surface area contributed by atoms with E-state index in [1.54, 1.807) is 0 Å². The molecule has 0 spiro atoms. The molecule has 0 amide bonds. The van der Waals surface area contributed by atoms with Gasteiger partial charge in [0.2, 0.25) is 0 Å². The molecule has 0 aliphatic heterocycles. The minimum Gasteiger partial charge on any atom is -0.378 e. The van der Waals surface area contributed by atoms with E-state index in [0.29, 0.717) is 6.07 Å². The van der Waals surface area contributed by atoms with Gasteiger partial charge >= 0.3 is 12.4 Å². The molecule has 0 aromatic carbocycles. The topological polar surface area (TPSA) is 33.1 Å². The van der Waals surface area contributed by atoms with Gasteiger partial charge in [0.1, 0.15) is 0 Å². The Balaban J connectivity index is 3.25. The number of rotatable bonds is 1. The Bertz CT molecular complexity index is 372. The summed E-state index contributed by atoms with van der Waals surface area (Å²) in [6, 6.07) is 1.27. The van der Waals surface area contributed by atoms with Crippen LogP contribution in [0.3, 0.4) is 0 Å². The second kappa shape index (κ2) is 3.93. The third-order valence-electron chi connectivity index (χ3n) is 1.71. The van der Waals surface area contributed by atoms with Crippen LogP contribution in [-0.4, -0.2) is 16.3 Å². The second-order valence-corrected chi connectivity index (χ2v) is 2.88. The van der Waals surface area contributed by atoms with Crippen molar-refractivity contribution in [1.29, 1.82) is 0 Å². The van der Waals surface area contributed by atoms with Gasteiger partial charge in [-0.1, -0.05) is 0 Å². The molecule has 1 N–H and O–H groups in total. The smallest absolute Gasteiger partial charge is 0.378 e. The minimum atomic E-state index is -5.19. The number of aromatic nitrogens is 1. The molecule has 1 aromatic heterocycles. The van der Waals surface area contributed by atoms with Crippen LogP contribution in [0.1, 0.15) is 17.4 Å². The lowest BCUT2D eigenvalue weighted by molar-refractivity contribution is -0.210. The summed E-state index contributed by atoms with van der Waals surface area (Å²) in [6.07, 6.45) is -12.7. The fourth-order valence-electron chi connectivity index (χ4n) is 1.03. The first kappa shape index (κ1) is 12.8. The van der Waals surface area contributed by atoms with E-state index in [-0.39, 0.29) is 0 Å². The summed E-state index contributed by atoms with van der Waals surface area (Å²) in [7, 11) is 0. The highest BCUT2D eigenvalue weighted by atomic mass is 19.4. The molecular weight excluding hydrogens is 240 g/mol. The molecule has 1 atom stereocenters. The van der Waals surface area contributed by atoms with Crippen LogP contribution >= 0.6 is 0 Å². The Morgan fingerprint density at radius 2 is 1.69 bits per heavy atom.